The predicted octanol–water partition coefficient (Wildman–Crippen LogP) is 2.03. The minimum absolute atomic E-state index is 0.275. The highest BCUT2D eigenvalue weighted by Crippen LogP contribution is 2.60. The quantitative estimate of drug-likeness (QED) is 0.647. The van der Waals surface area contributed by atoms with Gasteiger partial charge in [-0.05, 0) is 43.9 Å². The molecule has 0 aliphatic heterocycles. The fourth-order valence-electron chi connectivity index (χ4n) is 3.79. The summed E-state index contributed by atoms with van der Waals surface area (Å²) in [6.07, 6.45) is 8.97. The third kappa shape index (κ3) is 0.887. The van der Waals surface area contributed by atoms with E-state index in [9.17, 15) is 5.11 Å². The number of hydrogen-bond acceptors (Lipinski definition) is 2. The SMILES string of the molecule is CO[C@@]12C=C3CCC[C@]3(CC1)C[C@@H]2O. The largest absolute Gasteiger partial charge is 0.390 e. The first kappa shape index (κ1) is 8.93. The van der Waals surface area contributed by atoms with Gasteiger partial charge in [-0.3, -0.25) is 0 Å². The van der Waals surface area contributed by atoms with Gasteiger partial charge in [-0.15, -0.1) is 0 Å². The van der Waals surface area contributed by atoms with Crippen LogP contribution in [0, 0.1) is 5.41 Å². The second-order valence-electron chi connectivity index (χ2n) is 5.18. The average Bonchev–Trinajstić information content (AvgIpc) is 2.59. The number of aliphatic hydroxyl groups excluding tert-OH is 1. The van der Waals surface area contributed by atoms with Crippen molar-refractivity contribution >= 4 is 0 Å². The van der Waals surface area contributed by atoms with Gasteiger partial charge in [-0.25, -0.2) is 0 Å². The van der Waals surface area contributed by atoms with E-state index >= 15 is 0 Å². The zero-order valence-electron chi connectivity index (χ0n) is 8.75. The topological polar surface area (TPSA) is 29.5 Å². The average molecular weight is 194 g/mol. The molecule has 0 aromatic heterocycles. The number of aliphatic hydroxyl groups is 1. The first-order valence-corrected chi connectivity index (χ1v) is 5.66. The maximum Gasteiger partial charge on any atom is 0.112 e. The van der Waals surface area contributed by atoms with E-state index in [0.717, 1.165) is 12.8 Å². The van der Waals surface area contributed by atoms with Gasteiger partial charge in [0.2, 0.25) is 0 Å². The van der Waals surface area contributed by atoms with Gasteiger partial charge in [0, 0.05) is 7.11 Å². The summed E-state index contributed by atoms with van der Waals surface area (Å²) in [4.78, 5) is 0. The number of hydrogen-bond donors (Lipinski definition) is 1. The van der Waals surface area contributed by atoms with E-state index < -0.39 is 0 Å². The van der Waals surface area contributed by atoms with E-state index in [4.69, 9.17) is 4.74 Å². The molecule has 3 atom stereocenters. The Labute approximate surface area is 85.0 Å². The third-order valence-corrected chi connectivity index (χ3v) is 4.72. The number of methoxy groups -OCH3 is 1. The van der Waals surface area contributed by atoms with Crippen molar-refractivity contribution in [3.8, 4) is 0 Å². The molecule has 1 spiro atoms. The highest BCUT2D eigenvalue weighted by Gasteiger charge is 2.55. The molecule has 0 aromatic rings. The summed E-state index contributed by atoms with van der Waals surface area (Å²) in [6.45, 7) is 0. The summed E-state index contributed by atoms with van der Waals surface area (Å²) >= 11 is 0. The van der Waals surface area contributed by atoms with Gasteiger partial charge < -0.3 is 9.84 Å². The van der Waals surface area contributed by atoms with E-state index in [0.29, 0.717) is 5.41 Å². The monoisotopic (exact) mass is 194 g/mol. The van der Waals surface area contributed by atoms with Crippen molar-refractivity contribution in [2.75, 3.05) is 7.11 Å². The summed E-state index contributed by atoms with van der Waals surface area (Å²) in [6, 6.07) is 0. The Morgan fingerprint density at radius 3 is 3.00 bits per heavy atom. The molecule has 2 nitrogen and oxygen atoms in total. The number of rotatable bonds is 1. The first-order valence-electron chi connectivity index (χ1n) is 5.66. The Morgan fingerprint density at radius 2 is 2.29 bits per heavy atom. The normalized spacial score (nSPS) is 50.4. The van der Waals surface area contributed by atoms with Crippen molar-refractivity contribution in [3.63, 3.8) is 0 Å². The summed E-state index contributed by atoms with van der Waals surface area (Å²) in [7, 11) is 1.73. The summed E-state index contributed by atoms with van der Waals surface area (Å²) in [5, 5.41) is 10.1. The van der Waals surface area contributed by atoms with Crippen LogP contribution in [0.1, 0.15) is 38.5 Å². The molecule has 14 heavy (non-hydrogen) atoms. The zero-order valence-corrected chi connectivity index (χ0v) is 8.75. The molecule has 4 aliphatic carbocycles. The lowest BCUT2D eigenvalue weighted by Crippen LogP contribution is -2.54. The van der Waals surface area contributed by atoms with Crippen LogP contribution in [0.3, 0.4) is 0 Å². The van der Waals surface area contributed by atoms with E-state index in [-0.39, 0.29) is 11.7 Å². The Bertz CT molecular complexity index is 297. The minimum atomic E-state index is -0.332. The van der Waals surface area contributed by atoms with Gasteiger partial charge in [0.25, 0.3) is 0 Å². The molecule has 4 rings (SSSR count). The standard InChI is InChI=1S/C12H18O2/c1-14-12-6-5-11(8-10(12)13)4-2-3-9(11)7-12/h7,10,13H,2-6,8H2,1H3/t10-,11-,12+/m0/s1. The molecule has 2 saturated carbocycles. The van der Waals surface area contributed by atoms with Crippen molar-refractivity contribution in [3.05, 3.63) is 11.6 Å². The molecule has 2 bridgehead atoms. The molecular weight excluding hydrogens is 176 g/mol. The third-order valence-electron chi connectivity index (χ3n) is 4.72. The van der Waals surface area contributed by atoms with Crippen molar-refractivity contribution < 1.29 is 9.84 Å². The summed E-state index contributed by atoms with van der Waals surface area (Å²) < 4.78 is 5.56. The van der Waals surface area contributed by atoms with Crippen molar-refractivity contribution in [1.82, 2.24) is 0 Å². The number of ether oxygens (including phenoxy) is 1. The van der Waals surface area contributed by atoms with Crippen LogP contribution in [-0.4, -0.2) is 23.9 Å². The molecule has 2 fully saturated rings. The molecule has 2 heteroatoms. The molecule has 4 aliphatic rings. The van der Waals surface area contributed by atoms with Crippen molar-refractivity contribution in [2.24, 2.45) is 5.41 Å². The molecule has 0 amide bonds. The minimum Gasteiger partial charge on any atom is -0.390 e. The van der Waals surface area contributed by atoms with Crippen LogP contribution >= 0.6 is 0 Å². The number of allylic oxidation sites excluding steroid dienone is 1. The summed E-state index contributed by atoms with van der Waals surface area (Å²) in [5.41, 5.74) is 1.62. The van der Waals surface area contributed by atoms with E-state index in [1.165, 1.54) is 25.7 Å². The molecule has 0 aromatic carbocycles. The second-order valence-corrected chi connectivity index (χ2v) is 5.18. The highest BCUT2D eigenvalue weighted by atomic mass is 16.5. The van der Waals surface area contributed by atoms with Gasteiger partial charge in [0.1, 0.15) is 5.60 Å². The molecule has 1 N–H and O–H groups in total. The van der Waals surface area contributed by atoms with Crippen LogP contribution in [-0.2, 0) is 4.74 Å². The van der Waals surface area contributed by atoms with E-state index in [1.54, 1.807) is 12.7 Å². The molecule has 0 heterocycles. The Kier molecular flexibility index (Phi) is 1.67. The molecule has 0 saturated heterocycles. The lowest BCUT2D eigenvalue weighted by molar-refractivity contribution is -0.127. The van der Waals surface area contributed by atoms with Crippen LogP contribution in [0.4, 0.5) is 0 Å². The zero-order chi connectivity index (χ0) is 9.81. The first-order chi connectivity index (χ1) is 6.71. The van der Waals surface area contributed by atoms with Crippen molar-refractivity contribution in [2.45, 2.75) is 50.2 Å². The van der Waals surface area contributed by atoms with Gasteiger partial charge in [-0.2, -0.15) is 0 Å². The molecule has 0 radical (unpaired) electrons. The predicted molar refractivity (Wildman–Crippen MR) is 54.0 cm³/mol. The smallest absolute Gasteiger partial charge is 0.112 e. The van der Waals surface area contributed by atoms with E-state index in [2.05, 4.69) is 6.08 Å². The lowest BCUT2D eigenvalue weighted by atomic mass is 9.59. The molecule has 0 unspecified atom stereocenters. The van der Waals surface area contributed by atoms with Crippen LogP contribution < -0.4 is 0 Å². The van der Waals surface area contributed by atoms with E-state index in [1.807, 2.05) is 0 Å². The molecule has 78 valence electrons. The molecular formula is C12H18O2. The van der Waals surface area contributed by atoms with Crippen LogP contribution in [0.2, 0.25) is 0 Å². The summed E-state index contributed by atoms with van der Waals surface area (Å²) in [5.74, 6) is 0. The van der Waals surface area contributed by atoms with Crippen LogP contribution in [0.25, 0.3) is 0 Å². The number of fused-ring (bicyclic) bond motifs is 2. The fraction of sp³-hybridized carbons (Fsp3) is 0.833. The highest BCUT2D eigenvalue weighted by molar-refractivity contribution is 5.33. The lowest BCUT2D eigenvalue weighted by Gasteiger charge is -2.52. The Hall–Kier alpha value is -0.340. The van der Waals surface area contributed by atoms with Gasteiger partial charge >= 0.3 is 0 Å². The van der Waals surface area contributed by atoms with Gasteiger partial charge in [0.05, 0.1) is 6.10 Å². The Balaban J connectivity index is 2.08. The second kappa shape index (κ2) is 2.61. The van der Waals surface area contributed by atoms with Crippen LogP contribution in [0.15, 0.2) is 11.6 Å². The van der Waals surface area contributed by atoms with Gasteiger partial charge in [-0.1, -0.05) is 11.6 Å². The maximum absolute atomic E-state index is 10.1. The fourth-order valence-corrected chi connectivity index (χ4v) is 3.79. The van der Waals surface area contributed by atoms with Gasteiger partial charge in [0.15, 0.2) is 0 Å². The van der Waals surface area contributed by atoms with Crippen LogP contribution in [0.5, 0.6) is 0 Å². The van der Waals surface area contributed by atoms with Crippen molar-refractivity contribution in [1.29, 1.82) is 0 Å². The Morgan fingerprint density at radius 1 is 1.43 bits per heavy atom. The maximum atomic E-state index is 10.1.